The first-order valence-corrected chi connectivity index (χ1v) is 9.41. The summed E-state index contributed by atoms with van der Waals surface area (Å²) in [5, 5.41) is 8.73. The van der Waals surface area contributed by atoms with Gasteiger partial charge in [-0.05, 0) is 67.7 Å². The number of ether oxygens (including phenoxy) is 1. The number of carbonyl (C=O) groups is 1. The van der Waals surface area contributed by atoms with E-state index in [1.54, 1.807) is 0 Å². The second-order valence-electron chi connectivity index (χ2n) is 7.51. The van der Waals surface area contributed by atoms with Gasteiger partial charge in [-0.3, -0.25) is 4.79 Å². The highest BCUT2D eigenvalue weighted by Crippen LogP contribution is 2.36. The van der Waals surface area contributed by atoms with Crippen molar-refractivity contribution in [3.63, 3.8) is 0 Å². The van der Waals surface area contributed by atoms with Crippen LogP contribution in [-0.2, 0) is 17.4 Å². The normalized spacial score (nSPS) is 15.3. The molecule has 0 heterocycles. The molecular weight excluding hydrogens is 357 g/mol. The van der Waals surface area contributed by atoms with Crippen LogP contribution in [0.2, 0.25) is 0 Å². The number of carboxylic acid groups (broad SMARTS) is 1. The number of allylic oxidation sites excluding steroid dienone is 1. The maximum atomic E-state index is 13.3. The van der Waals surface area contributed by atoms with Crippen molar-refractivity contribution in [1.29, 1.82) is 0 Å². The molecule has 0 unspecified atom stereocenters. The van der Waals surface area contributed by atoms with Gasteiger partial charge in [-0.2, -0.15) is 13.2 Å². The second kappa shape index (κ2) is 9.29. The lowest BCUT2D eigenvalue weighted by molar-refractivity contribution is -0.140. The molecule has 6 heteroatoms. The van der Waals surface area contributed by atoms with Crippen LogP contribution in [0.1, 0.15) is 63.5 Å². The van der Waals surface area contributed by atoms with Gasteiger partial charge in [0.25, 0.3) is 0 Å². The van der Waals surface area contributed by atoms with Gasteiger partial charge in [-0.1, -0.05) is 25.5 Å². The van der Waals surface area contributed by atoms with Gasteiger partial charge in [-0.15, -0.1) is 0 Å². The molecule has 27 heavy (non-hydrogen) atoms. The van der Waals surface area contributed by atoms with Gasteiger partial charge in [0.15, 0.2) is 0 Å². The van der Waals surface area contributed by atoms with Crippen molar-refractivity contribution < 1.29 is 27.8 Å². The fourth-order valence-electron chi connectivity index (χ4n) is 3.48. The molecule has 0 bridgehead atoms. The molecule has 0 spiro atoms. The second-order valence-corrected chi connectivity index (χ2v) is 7.51. The third-order valence-corrected chi connectivity index (χ3v) is 4.77. The Bertz CT molecular complexity index is 690. The standard InChI is InChI=1S/C21H27F3O3/c1-14(2)11-16-5-3-4-6-17(16)13-27-18-9-7-15(8-10-20(25)26)19(12-18)21(22,23)24/h7,9,12,14H,3-6,8,10-11,13H2,1-2H3,(H,25,26). The van der Waals surface area contributed by atoms with Crippen molar-refractivity contribution in [3.8, 4) is 5.75 Å². The average molecular weight is 384 g/mol. The van der Waals surface area contributed by atoms with Crippen molar-refractivity contribution in [2.75, 3.05) is 6.61 Å². The summed E-state index contributed by atoms with van der Waals surface area (Å²) in [6.45, 7) is 4.63. The third-order valence-electron chi connectivity index (χ3n) is 4.77. The molecule has 1 aliphatic carbocycles. The topological polar surface area (TPSA) is 46.5 Å². The van der Waals surface area contributed by atoms with Gasteiger partial charge < -0.3 is 9.84 Å². The summed E-state index contributed by atoms with van der Waals surface area (Å²) in [5.74, 6) is -0.410. The van der Waals surface area contributed by atoms with E-state index in [2.05, 4.69) is 13.8 Å². The Morgan fingerprint density at radius 1 is 1.19 bits per heavy atom. The molecule has 0 amide bonds. The molecule has 1 aromatic carbocycles. The summed E-state index contributed by atoms with van der Waals surface area (Å²) in [7, 11) is 0. The predicted octanol–water partition coefficient (Wildman–Crippen LogP) is 6.02. The molecule has 1 aliphatic rings. The maximum Gasteiger partial charge on any atom is 0.416 e. The molecule has 3 nitrogen and oxygen atoms in total. The molecule has 0 fully saturated rings. The quantitative estimate of drug-likeness (QED) is 0.558. The van der Waals surface area contributed by atoms with E-state index in [-0.39, 0.29) is 24.2 Å². The SMILES string of the molecule is CC(C)CC1=C(COc2ccc(CCC(=O)O)c(C(F)(F)F)c2)CCCC1. The Morgan fingerprint density at radius 2 is 1.85 bits per heavy atom. The zero-order chi connectivity index (χ0) is 20.0. The monoisotopic (exact) mass is 384 g/mol. The number of rotatable bonds is 8. The molecule has 150 valence electrons. The summed E-state index contributed by atoms with van der Waals surface area (Å²) < 4.78 is 45.7. The number of carboxylic acids is 1. The van der Waals surface area contributed by atoms with Crippen LogP contribution in [0.15, 0.2) is 29.3 Å². The van der Waals surface area contributed by atoms with Crippen molar-refractivity contribution in [2.24, 2.45) is 5.92 Å². The predicted molar refractivity (Wildman–Crippen MR) is 97.8 cm³/mol. The number of aliphatic carboxylic acids is 1. The Morgan fingerprint density at radius 3 is 2.44 bits per heavy atom. The summed E-state index contributed by atoms with van der Waals surface area (Å²) in [6.07, 6.45) is 0.178. The highest BCUT2D eigenvalue weighted by atomic mass is 19.4. The smallest absolute Gasteiger partial charge is 0.416 e. The van der Waals surface area contributed by atoms with Crippen LogP contribution in [0.25, 0.3) is 0 Å². The van der Waals surface area contributed by atoms with Crippen molar-refractivity contribution >= 4 is 5.97 Å². The molecular formula is C21H27F3O3. The number of halogens is 3. The summed E-state index contributed by atoms with van der Waals surface area (Å²) in [4.78, 5) is 10.7. The highest BCUT2D eigenvalue weighted by molar-refractivity contribution is 5.67. The minimum Gasteiger partial charge on any atom is -0.489 e. The van der Waals surface area contributed by atoms with E-state index in [1.165, 1.54) is 23.3 Å². The lowest BCUT2D eigenvalue weighted by Crippen LogP contribution is -2.13. The Kier molecular flexibility index (Phi) is 7.33. The molecule has 0 radical (unpaired) electrons. The van der Waals surface area contributed by atoms with Crippen LogP contribution >= 0.6 is 0 Å². The minimum atomic E-state index is -4.54. The van der Waals surface area contributed by atoms with E-state index in [9.17, 15) is 18.0 Å². The fraction of sp³-hybridized carbons (Fsp3) is 0.571. The van der Waals surface area contributed by atoms with Crippen LogP contribution in [0.3, 0.4) is 0 Å². The van der Waals surface area contributed by atoms with Crippen molar-refractivity contribution in [1.82, 2.24) is 0 Å². The van der Waals surface area contributed by atoms with Gasteiger partial charge in [0.2, 0.25) is 0 Å². The molecule has 1 N–H and O–H groups in total. The van der Waals surface area contributed by atoms with Crippen LogP contribution in [-0.4, -0.2) is 17.7 Å². The molecule has 0 saturated carbocycles. The maximum absolute atomic E-state index is 13.3. The molecule has 2 rings (SSSR count). The zero-order valence-electron chi connectivity index (χ0n) is 15.9. The molecule has 0 atom stereocenters. The lowest BCUT2D eigenvalue weighted by Gasteiger charge is -2.22. The van der Waals surface area contributed by atoms with Crippen molar-refractivity contribution in [2.45, 2.75) is 65.0 Å². The Labute approximate surface area is 158 Å². The molecule has 0 aliphatic heterocycles. The van der Waals surface area contributed by atoms with Crippen LogP contribution < -0.4 is 4.74 Å². The first-order valence-electron chi connectivity index (χ1n) is 9.41. The summed E-state index contributed by atoms with van der Waals surface area (Å²) >= 11 is 0. The average Bonchev–Trinajstić information content (AvgIpc) is 2.58. The number of alkyl halides is 3. The summed E-state index contributed by atoms with van der Waals surface area (Å²) in [6, 6.07) is 3.81. The number of benzene rings is 1. The van der Waals surface area contributed by atoms with E-state index in [0.717, 1.165) is 38.2 Å². The largest absolute Gasteiger partial charge is 0.489 e. The van der Waals surface area contributed by atoms with Crippen molar-refractivity contribution in [3.05, 3.63) is 40.5 Å². The Balaban J connectivity index is 2.16. The van der Waals surface area contributed by atoms with Gasteiger partial charge >= 0.3 is 12.1 Å². The third kappa shape index (κ3) is 6.60. The minimum absolute atomic E-state index is 0.0189. The van der Waals surface area contributed by atoms with Crippen LogP contribution in [0, 0.1) is 5.92 Å². The highest BCUT2D eigenvalue weighted by Gasteiger charge is 2.33. The van der Waals surface area contributed by atoms with E-state index in [4.69, 9.17) is 9.84 Å². The van der Waals surface area contributed by atoms with E-state index >= 15 is 0 Å². The number of aryl methyl sites for hydroxylation is 1. The number of hydrogen-bond donors (Lipinski definition) is 1. The zero-order valence-corrected chi connectivity index (χ0v) is 15.9. The van der Waals surface area contributed by atoms with E-state index in [1.807, 2.05) is 0 Å². The Hall–Kier alpha value is -1.98. The van der Waals surface area contributed by atoms with E-state index < -0.39 is 17.7 Å². The molecule has 1 aromatic rings. The van der Waals surface area contributed by atoms with Gasteiger partial charge in [0.05, 0.1) is 5.56 Å². The van der Waals surface area contributed by atoms with Gasteiger partial charge in [0.1, 0.15) is 12.4 Å². The lowest BCUT2D eigenvalue weighted by atomic mass is 9.87. The van der Waals surface area contributed by atoms with Crippen LogP contribution in [0.4, 0.5) is 13.2 Å². The van der Waals surface area contributed by atoms with Gasteiger partial charge in [-0.25, -0.2) is 0 Å². The fourth-order valence-corrected chi connectivity index (χ4v) is 3.48. The molecule has 0 aromatic heterocycles. The summed E-state index contributed by atoms with van der Waals surface area (Å²) in [5.41, 5.74) is 1.75. The molecule has 0 saturated heterocycles. The first-order chi connectivity index (χ1) is 12.7. The van der Waals surface area contributed by atoms with Crippen LogP contribution in [0.5, 0.6) is 5.75 Å². The van der Waals surface area contributed by atoms with Gasteiger partial charge in [0, 0.05) is 6.42 Å². The number of hydrogen-bond acceptors (Lipinski definition) is 2. The van der Waals surface area contributed by atoms with E-state index in [0.29, 0.717) is 12.5 Å². The first kappa shape index (κ1) is 21.3.